The van der Waals surface area contributed by atoms with E-state index in [1.54, 1.807) is 0 Å². The summed E-state index contributed by atoms with van der Waals surface area (Å²) in [5.74, 6) is 0.769. The van der Waals surface area contributed by atoms with Gasteiger partial charge in [0.1, 0.15) is 0 Å². The second-order valence-corrected chi connectivity index (χ2v) is 5.01. The lowest BCUT2D eigenvalue weighted by Gasteiger charge is -2.06. The lowest BCUT2D eigenvalue weighted by Crippen LogP contribution is -1.91. The van der Waals surface area contributed by atoms with Crippen molar-refractivity contribution >= 4 is 6.08 Å². The number of allylic oxidation sites excluding steroid dienone is 3. The fourth-order valence-electron chi connectivity index (χ4n) is 1.77. The standard InChI is InChI=1S/C17H24/c1-15(2)9-7-10-16(3)11-8-14-17-12-5-4-6-13-17/h4-6,8-9,12-14,16H,7,10-11H2,1-3H3/b14-8+. The molecule has 0 bridgehead atoms. The van der Waals surface area contributed by atoms with E-state index in [4.69, 9.17) is 0 Å². The van der Waals surface area contributed by atoms with Crippen molar-refractivity contribution in [3.8, 4) is 0 Å². The Morgan fingerprint density at radius 2 is 1.88 bits per heavy atom. The van der Waals surface area contributed by atoms with Crippen LogP contribution in [0.1, 0.15) is 45.6 Å². The molecule has 0 aliphatic carbocycles. The molecular formula is C17H24. The third-order valence-electron chi connectivity index (χ3n) is 2.86. The summed E-state index contributed by atoms with van der Waals surface area (Å²) >= 11 is 0. The summed E-state index contributed by atoms with van der Waals surface area (Å²) < 4.78 is 0. The fraction of sp³-hybridized carbons (Fsp3) is 0.412. The second kappa shape index (κ2) is 7.89. The van der Waals surface area contributed by atoms with E-state index in [0.29, 0.717) is 0 Å². The van der Waals surface area contributed by atoms with Gasteiger partial charge in [-0.1, -0.05) is 61.1 Å². The average molecular weight is 228 g/mol. The van der Waals surface area contributed by atoms with E-state index in [2.05, 4.69) is 69.3 Å². The highest BCUT2D eigenvalue weighted by atomic mass is 14.0. The predicted molar refractivity (Wildman–Crippen MR) is 77.9 cm³/mol. The normalized spacial score (nSPS) is 12.6. The molecule has 0 saturated carbocycles. The molecule has 0 spiro atoms. The molecule has 1 rings (SSSR count). The SMILES string of the molecule is CC(C)=CCCC(C)C/C=C/c1ccccc1. The van der Waals surface area contributed by atoms with Crippen LogP contribution in [0.5, 0.6) is 0 Å². The zero-order valence-electron chi connectivity index (χ0n) is 11.3. The smallest absolute Gasteiger partial charge is 0.0260 e. The first kappa shape index (κ1) is 13.8. The molecule has 0 radical (unpaired) electrons. The van der Waals surface area contributed by atoms with E-state index in [1.807, 2.05) is 0 Å². The van der Waals surface area contributed by atoms with Crippen LogP contribution < -0.4 is 0 Å². The van der Waals surface area contributed by atoms with E-state index in [0.717, 1.165) is 5.92 Å². The number of benzene rings is 1. The van der Waals surface area contributed by atoms with Crippen LogP contribution in [0, 0.1) is 5.92 Å². The topological polar surface area (TPSA) is 0 Å². The van der Waals surface area contributed by atoms with Crippen LogP contribution in [0.2, 0.25) is 0 Å². The van der Waals surface area contributed by atoms with Gasteiger partial charge >= 0.3 is 0 Å². The summed E-state index contributed by atoms with van der Waals surface area (Å²) in [5, 5.41) is 0. The lowest BCUT2D eigenvalue weighted by atomic mass is 10.0. The molecule has 0 aliphatic rings. The van der Waals surface area contributed by atoms with Gasteiger partial charge in [-0.05, 0) is 44.6 Å². The summed E-state index contributed by atoms with van der Waals surface area (Å²) in [6.07, 6.45) is 10.5. The molecule has 1 aromatic rings. The Hall–Kier alpha value is -1.30. The van der Waals surface area contributed by atoms with Crippen molar-refractivity contribution in [3.63, 3.8) is 0 Å². The molecule has 0 saturated heterocycles. The van der Waals surface area contributed by atoms with Gasteiger partial charge in [0.15, 0.2) is 0 Å². The third kappa shape index (κ3) is 6.78. The van der Waals surface area contributed by atoms with Gasteiger partial charge in [0.05, 0.1) is 0 Å². The number of hydrogen-bond donors (Lipinski definition) is 0. The highest BCUT2D eigenvalue weighted by Crippen LogP contribution is 2.13. The average Bonchev–Trinajstić information content (AvgIpc) is 2.30. The first-order chi connectivity index (χ1) is 8.18. The summed E-state index contributed by atoms with van der Waals surface area (Å²) in [6, 6.07) is 10.5. The zero-order chi connectivity index (χ0) is 12.5. The van der Waals surface area contributed by atoms with Crippen molar-refractivity contribution in [1.82, 2.24) is 0 Å². The van der Waals surface area contributed by atoms with Gasteiger partial charge in [0.25, 0.3) is 0 Å². The molecule has 1 atom stereocenters. The molecule has 1 unspecified atom stereocenters. The van der Waals surface area contributed by atoms with Crippen LogP contribution in [0.4, 0.5) is 0 Å². The highest BCUT2D eigenvalue weighted by Gasteiger charge is 1.97. The van der Waals surface area contributed by atoms with Gasteiger partial charge in [-0.2, -0.15) is 0 Å². The van der Waals surface area contributed by atoms with Gasteiger partial charge in [-0.25, -0.2) is 0 Å². The third-order valence-corrected chi connectivity index (χ3v) is 2.86. The van der Waals surface area contributed by atoms with Gasteiger partial charge in [-0.3, -0.25) is 0 Å². The van der Waals surface area contributed by atoms with Gasteiger partial charge in [-0.15, -0.1) is 0 Å². The fourth-order valence-corrected chi connectivity index (χ4v) is 1.77. The highest BCUT2D eigenvalue weighted by molar-refractivity contribution is 5.48. The summed E-state index contributed by atoms with van der Waals surface area (Å²) in [5.41, 5.74) is 2.72. The van der Waals surface area contributed by atoms with Crippen LogP contribution in [0.3, 0.4) is 0 Å². The minimum absolute atomic E-state index is 0.769. The Bertz CT molecular complexity index is 353. The second-order valence-electron chi connectivity index (χ2n) is 5.01. The van der Waals surface area contributed by atoms with Crippen LogP contribution in [0.25, 0.3) is 6.08 Å². The molecule has 1 aromatic carbocycles. The molecule has 0 fully saturated rings. The predicted octanol–water partition coefficient (Wildman–Crippen LogP) is 5.47. The van der Waals surface area contributed by atoms with E-state index < -0.39 is 0 Å². The van der Waals surface area contributed by atoms with Crippen molar-refractivity contribution in [3.05, 3.63) is 53.6 Å². The molecule has 92 valence electrons. The maximum absolute atomic E-state index is 2.33. The van der Waals surface area contributed by atoms with Gasteiger partial charge in [0.2, 0.25) is 0 Å². The molecule has 0 heteroatoms. The van der Waals surface area contributed by atoms with E-state index >= 15 is 0 Å². The maximum atomic E-state index is 2.33. The van der Waals surface area contributed by atoms with E-state index in [1.165, 1.54) is 30.4 Å². The first-order valence-electron chi connectivity index (χ1n) is 6.53. The Kier molecular flexibility index (Phi) is 6.39. The Labute approximate surface area is 106 Å². The molecule has 0 amide bonds. The quantitative estimate of drug-likeness (QED) is 0.566. The Morgan fingerprint density at radius 3 is 2.53 bits per heavy atom. The first-order valence-corrected chi connectivity index (χ1v) is 6.53. The zero-order valence-corrected chi connectivity index (χ0v) is 11.3. The summed E-state index contributed by atoms with van der Waals surface area (Å²) in [7, 11) is 0. The monoisotopic (exact) mass is 228 g/mol. The molecule has 0 aliphatic heterocycles. The van der Waals surface area contributed by atoms with Crippen molar-refractivity contribution in [2.75, 3.05) is 0 Å². The van der Waals surface area contributed by atoms with Crippen LogP contribution in [-0.4, -0.2) is 0 Å². The van der Waals surface area contributed by atoms with Crippen molar-refractivity contribution < 1.29 is 0 Å². The Morgan fingerprint density at radius 1 is 1.18 bits per heavy atom. The molecule has 0 heterocycles. The van der Waals surface area contributed by atoms with Crippen molar-refractivity contribution in [2.24, 2.45) is 5.92 Å². The van der Waals surface area contributed by atoms with E-state index in [9.17, 15) is 0 Å². The minimum Gasteiger partial charge on any atom is -0.0859 e. The molecular weight excluding hydrogens is 204 g/mol. The van der Waals surface area contributed by atoms with Crippen LogP contribution in [-0.2, 0) is 0 Å². The molecule has 0 aromatic heterocycles. The van der Waals surface area contributed by atoms with Crippen LogP contribution in [0.15, 0.2) is 48.1 Å². The van der Waals surface area contributed by atoms with Crippen molar-refractivity contribution in [1.29, 1.82) is 0 Å². The minimum atomic E-state index is 0.769. The van der Waals surface area contributed by atoms with Gasteiger partial charge in [0, 0.05) is 0 Å². The van der Waals surface area contributed by atoms with Gasteiger partial charge < -0.3 is 0 Å². The lowest BCUT2D eigenvalue weighted by molar-refractivity contribution is 0.546. The maximum Gasteiger partial charge on any atom is -0.0260 e. The Balaban J connectivity index is 2.26. The van der Waals surface area contributed by atoms with E-state index in [-0.39, 0.29) is 0 Å². The molecule has 0 nitrogen and oxygen atoms in total. The largest absolute Gasteiger partial charge is 0.0859 e. The number of hydrogen-bond acceptors (Lipinski definition) is 0. The molecule has 0 N–H and O–H groups in total. The van der Waals surface area contributed by atoms with Crippen molar-refractivity contribution in [2.45, 2.75) is 40.0 Å². The summed E-state index contributed by atoms with van der Waals surface area (Å²) in [4.78, 5) is 0. The summed E-state index contributed by atoms with van der Waals surface area (Å²) in [6.45, 7) is 6.66. The number of rotatable bonds is 6. The van der Waals surface area contributed by atoms with Crippen LogP contribution >= 0.6 is 0 Å². The molecule has 17 heavy (non-hydrogen) atoms.